The standard InChI is InChI=1S/C19H22N2O3/c1-13(2)20-19(23)16-6-4-5-7-17(16)21-18(22)12-14-8-10-15(24-3)11-9-14/h4-11,13H,12H2,1-3H3,(H,20,23)(H,21,22). The number of para-hydroxylation sites is 1. The van der Waals surface area contributed by atoms with Crippen molar-refractivity contribution < 1.29 is 14.3 Å². The van der Waals surface area contributed by atoms with Crippen LogP contribution in [0.5, 0.6) is 5.75 Å². The van der Waals surface area contributed by atoms with Crippen LogP contribution in [0, 0.1) is 0 Å². The lowest BCUT2D eigenvalue weighted by atomic mass is 10.1. The van der Waals surface area contributed by atoms with Crippen LogP contribution < -0.4 is 15.4 Å². The van der Waals surface area contributed by atoms with Crippen molar-refractivity contribution in [3.8, 4) is 5.75 Å². The van der Waals surface area contributed by atoms with E-state index < -0.39 is 0 Å². The number of rotatable bonds is 6. The van der Waals surface area contributed by atoms with Gasteiger partial charge < -0.3 is 15.4 Å². The van der Waals surface area contributed by atoms with E-state index in [1.54, 1.807) is 31.4 Å². The highest BCUT2D eigenvalue weighted by Crippen LogP contribution is 2.16. The first-order chi connectivity index (χ1) is 11.5. The predicted octanol–water partition coefficient (Wildman–Crippen LogP) is 3.01. The Balaban J connectivity index is 2.07. The van der Waals surface area contributed by atoms with E-state index >= 15 is 0 Å². The van der Waals surface area contributed by atoms with Crippen molar-refractivity contribution in [2.45, 2.75) is 26.3 Å². The summed E-state index contributed by atoms with van der Waals surface area (Å²) in [6.07, 6.45) is 0.226. The Bertz CT molecular complexity index is 709. The molecule has 0 bridgehead atoms. The molecule has 0 atom stereocenters. The lowest BCUT2D eigenvalue weighted by Gasteiger charge is -2.13. The van der Waals surface area contributed by atoms with E-state index in [9.17, 15) is 9.59 Å². The number of carbonyl (C=O) groups excluding carboxylic acids is 2. The number of anilines is 1. The summed E-state index contributed by atoms with van der Waals surface area (Å²) in [5, 5.41) is 5.64. The molecule has 0 fully saturated rings. The van der Waals surface area contributed by atoms with Gasteiger partial charge in [-0.2, -0.15) is 0 Å². The molecule has 2 N–H and O–H groups in total. The third-order valence-corrected chi connectivity index (χ3v) is 3.39. The third-order valence-electron chi connectivity index (χ3n) is 3.39. The van der Waals surface area contributed by atoms with E-state index in [0.717, 1.165) is 11.3 Å². The average molecular weight is 326 g/mol. The van der Waals surface area contributed by atoms with E-state index in [1.807, 2.05) is 38.1 Å². The number of nitrogens with one attached hydrogen (secondary N) is 2. The number of methoxy groups -OCH3 is 1. The van der Waals surface area contributed by atoms with E-state index in [4.69, 9.17) is 4.74 Å². The van der Waals surface area contributed by atoms with Crippen molar-refractivity contribution in [2.75, 3.05) is 12.4 Å². The SMILES string of the molecule is COc1ccc(CC(=O)Nc2ccccc2C(=O)NC(C)C)cc1. The van der Waals surface area contributed by atoms with Gasteiger partial charge >= 0.3 is 0 Å². The zero-order valence-corrected chi connectivity index (χ0v) is 14.1. The summed E-state index contributed by atoms with van der Waals surface area (Å²) in [6, 6.07) is 14.3. The zero-order chi connectivity index (χ0) is 17.5. The fraction of sp³-hybridized carbons (Fsp3) is 0.263. The zero-order valence-electron chi connectivity index (χ0n) is 14.1. The highest BCUT2D eigenvalue weighted by Gasteiger charge is 2.14. The lowest BCUT2D eigenvalue weighted by molar-refractivity contribution is -0.115. The molecule has 0 spiro atoms. The average Bonchev–Trinajstić information content (AvgIpc) is 2.55. The summed E-state index contributed by atoms with van der Waals surface area (Å²) in [7, 11) is 1.60. The van der Waals surface area contributed by atoms with Crippen LogP contribution in [0.25, 0.3) is 0 Å². The first kappa shape index (κ1) is 17.5. The number of benzene rings is 2. The molecule has 0 unspecified atom stereocenters. The van der Waals surface area contributed by atoms with Gasteiger partial charge in [0.2, 0.25) is 5.91 Å². The van der Waals surface area contributed by atoms with Gasteiger partial charge in [-0.1, -0.05) is 24.3 Å². The van der Waals surface area contributed by atoms with Crippen LogP contribution in [0.3, 0.4) is 0 Å². The topological polar surface area (TPSA) is 67.4 Å². The van der Waals surface area contributed by atoms with E-state index in [1.165, 1.54) is 0 Å². The fourth-order valence-corrected chi connectivity index (χ4v) is 2.25. The van der Waals surface area contributed by atoms with E-state index in [2.05, 4.69) is 10.6 Å². The Labute approximate surface area is 142 Å². The summed E-state index contributed by atoms with van der Waals surface area (Å²) in [5.41, 5.74) is 1.83. The summed E-state index contributed by atoms with van der Waals surface area (Å²) < 4.78 is 5.10. The molecule has 2 aromatic carbocycles. The molecule has 0 aromatic heterocycles. The first-order valence-electron chi connectivity index (χ1n) is 7.82. The van der Waals surface area contributed by atoms with Gasteiger partial charge in [0, 0.05) is 6.04 Å². The number of hydrogen-bond acceptors (Lipinski definition) is 3. The quantitative estimate of drug-likeness (QED) is 0.857. The molecule has 0 aliphatic rings. The highest BCUT2D eigenvalue weighted by atomic mass is 16.5. The summed E-state index contributed by atoms with van der Waals surface area (Å²) in [4.78, 5) is 24.5. The molecule has 0 aliphatic carbocycles. The van der Waals surface area contributed by atoms with Crippen molar-refractivity contribution >= 4 is 17.5 Å². The maximum Gasteiger partial charge on any atom is 0.253 e. The van der Waals surface area contributed by atoms with Gasteiger partial charge in [0.25, 0.3) is 5.91 Å². The minimum absolute atomic E-state index is 0.0283. The van der Waals surface area contributed by atoms with Crippen molar-refractivity contribution in [2.24, 2.45) is 0 Å². The Morgan fingerprint density at radius 3 is 2.33 bits per heavy atom. The van der Waals surface area contributed by atoms with E-state index in [-0.39, 0.29) is 24.3 Å². The predicted molar refractivity (Wildman–Crippen MR) is 94.4 cm³/mol. The van der Waals surface area contributed by atoms with Crippen molar-refractivity contribution in [3.63, 3.8) is 0 Å². The summed E-state index contributed by atoms with van der Waals surface area (Å²) in [5.74, 6) is 0.366. The maximum absolute atomic E-state index is 12.3. The highest BCUT2D eigenvalue weighted by molar-refractivity contribution is 6.04. The van der Waals surface area contributed by atoms with Crippen LogP contribution in [0.2, 0.25) is 0 Å². The number of ether oxygens (including phenoxy) is 1. The van der Waals surface area contributed by atoms with Gasteiger partial charge in [0.15, 0.2) is 0 Å². The minimum atomic E-state index is -0.203. The smallest absolute Gasteiger partial charge is 0.253 e. The van der Waals surface area contributed by atoms with Crippen molar-refractivity contribution in [1.82, 2.24) is 5.32 Å². The second kappa shape index (κ2) is 8.15. The molecule has 0 saturated heterocycles. The molecule has 2 amide bonds. The normalized spacial score (nSPS) is 10.3. The first-order valence-corrected chi connectivity index (χ1v) is 7.82. The van der Waals surface area contributed by atoms with Crippen LogP contribution in [0.15, 0.2) is 48.5 Å². The van der Waals surface area contributed by atoms with Crippen molar-refractivity contribution in [1.29, 1.82) is 0 Å². The molecule has 0 aliphatic heterocycles. The van der Waals surface area contributed by atoms with E-state index in [0.29, 0.717) is 11.3 Å². The van der Waals surface area contributed by atoms with Crippen LogP contribution in [0.1, 0.15) is 29.8 Å². The lowest BCUT2D eigenvalue weighted by Crippen LogP contribution is -2.31. The Morgan fingerprint density at radius 2 is 1.71 bits per heavy atom. The van der Waals surface area contributed by atoms with Gasteiger partial charge in [0.05, 0.1) is 24.8 Å². The third kappa shape index (κ3) is 4.84. The monoisotopic (exact) mass is 326 g/mol. The Morgan fingerprint density at radius 1 is 1.04 bits per heavy atom. The molecule has 0 radical (unpaired) electrons. The molecule has 2 rings (SSSR count). The molecule has 126 valence electrons. The molecule has 2 aromatic rings. The van der Waals surface area contributed by atoms with Crippen LogP contribution >= 0.6 is 0 Å². The molecule has 0 heterocycles. The Hall–Kier alpha value is -2.82. The molecule has 24 heavy (non-hydrogen) atoms. The summed E-state index contributed by atoms with van der Waals surface area (Å²) >= 11 is 0. The second-order valence-electron chi connectivity index (χ2n) is 5.75. The summed E-state index contributed by atoms with van der Waals surface area (Å²) in [6.45, 7) is 3.78. The molecule has 5 heteroatoms. The number of hydrogen-bond donors (Lipinski definition) is 2. The second-order valence-corrected chi connectivity index (χ2v) is 5.75. The van der Waals surface area contributed by atoms with Crippen LogP contribution in [-0.4, -0.2) is 25.0 Å². The van der Waals surface area contributed by atoms with Crippen LogP contribution in [-0.2, 0) is 11.2 Å². The van der Waals surface area contributed by atoms with Gasteiger partial charge in [-0.3, -0.25) is 9.59 Å². The molecule has 5 nitrogen and oxygen atoms in total. The molecule has 0 saturated carbocycles. The largest absolute Gasteiger partial charge is 0.497 e. The fourth-order valence-electron chi connectivity index (χ4n) is 2.25. The number of amides is 2. The minimum Gasteiger partial charge on any atom is -0.497 e. The van der Waals surface area contributed by atoms with Gasteiger partial charge in [-0.25, -0.2) is 0 Å². The van der Waals surface area contributed by atoms with Crippen LogP contribution in [0.4, 0.5) is 5.69 Å². The molecular formula is C19H22N2O3. The van der Waals surface area contributed by atoms with Gasteiger partial charge in [-0.15, -0.1) is 0 Å². The molecular weight excluding hydrogens is 304 g/mol. The number of carbonyl (C=O) groups is 2. The Kier molecular flexibility index (Phi) is 5.95. The van der Waals surface area contributed by atoms with Gasteiger partial charge in [0.1, 0.15) is 5.75 Å². The van der Waals surface area contributed by atoms with Crippen molar-refractivity contribution in [3.05, 3.63) is 59.7 Å². The maximum atomic E-state index is 12.3. The van der Waals surface area contributed by atoms with Gasteiger partial charge in [-0.05, 0) is 43.7 Å².